The fourth-order valence-electron chi connectivity index (χ4n) is 3.73. The SMILES string of the molecule is O=C(CCN1CCC(c2cccc(Cl)c2)C1)c1ccc2occc(=O)c2c1. The zero-order chi connectivity index (χ0) is 18.8. The number of carbonyl (C=O) groups excluding carboxylic acids is 1. The van der Waals surface area contributed by atoms with Crippen LogP contribution in [-0.2, 0) is 0 Å². The van der Waals surface area contributed by atoms with Crippen LogP contribution in [-0.4, -0.2) is 30.3 Å². The first-order valence-corrected chi connectivity index (χ1v) is 9.50. The Kier molecular flexibility index (Phi) is 5.10. The topological polar surface area (TPSA) is 50.5 Å². The quantitative estimate of drug-likeness (QED) is 0.610. The van der Waals surface area contributed by atoms with Crippen LogP contribution < -0.4 is 5.43 Å². The number of nitrogens with zero attached hydrogens (tertiary/aromatic N) is 1. The van der Waals surface area contributed by atoms with Gasteiger partial charge in [0.05, 0.1) is 11.6 Å². The molecule has 3 aromatic rings. The predicted molar refractivity (Wildman–Crippen MR) is 107 cm³/mol. The van der Waals surface area contributed by atoms with Crippen molar-refractivity contribution in [3.63, 3.8) is 0 Å². The maximum atomic E-state index is 12.6. The van der Waals surface area contributed by atoms with Crippen molar-refractivity contribution in [2.75, 3.05) is 19.6 Å². The Labute approximate surface area is 162 Å². The number of likely N-dealkylation sites (tertiary alicyclic amines) is 1. The maximum absolute atomic E-state index is 12.6. The summed E-state index contributed by atoms with van der Waals surface area (Å²) in [6.45, 7) is 2.64. The molecule has 0 radical (unpaired) electrons. The molecule has 27 heavy (non-hydrogen) atoms. The highest BCUT2D eigenvalue weighted by Crippen LogP contribution is 2.28. The normalized spacial score (nSPS) is 17.4. The molecule has 1 saturated heterocycles. The average Bonchev–Trinajstić information content (AvgIpc) is 3.15. The van der Waals surface area contributed by atoms with Gasteiger partial charge in [-0.25, -0.2) is 0 Å². The molecule has 0 aliphatic carbocycles. The first kappa shape index (κ1) is 18.0. The van der Waals surface area contributed by atoms with E-state index >= 15 is 0 Å². The van der Waals surface area contributed by atoms with Gasteiger partial charge < -0.3 is 9.32 Å². The zero-order valence-corrected chi connectivity index (χ0v) is 15.6. The highest BCUT2D eigenvalue weighted by atomic mass is 35.5. The second-order valence-electron chi connectivity index (χ2n) is 7.01. The third-order valence-corrected chi connectivity index (χ3v) is 5.46. The van der Waals surface area contributed by atoms with E-state index in [1.807, 2.05) is 18.2 Å². The molecule has 2 heterocycles. The predicted octanol–water partition coefficient (Wildman–Crippen LogP) is 4.51. The van der Waals surface area contributed by atoms with Crippen molar-refractivity contribution in [1.29, 1.82) is 0 Å². The summed E-state index contributed by atoms with van der Waals surface area (Å²) in [5, 5.41) is 1.22. The Balaban J connectivity index is 1.38. The highest BCUT2D eigenvalue weighted by Gasteiger charge is 2.24. The molecule has 138 valence electrons. The molecule has 1 aliphatic heterocycles. The first-order valence-electron chi connectivity index (χ1n) is 9.13. The summed E-state index contributed by atoms with van der Waals surface area (Å²) < 4.78 is 5.30. The second kappa shape index (κ2) is 7.67. The molecule has 0 bridgehead atoms. The Hall–Kier alpha value is -2.43. The molecule has 1 aromatic heterocycles. The van der Waals surface area contributed by atoms with Crippen LogP contribution in [0.15, 0.2) is 64.0 Å². The summed E-state index contributed by atoms with van der Waals surface area (Å²) in [6, 6.07) is 14.5. The molecule has 4 nitrogen and oxygen atoms in total. The molecule has 0 N–H and O–H groups in total. The van der Waals surface area contributed by atoms with Crippen LogP contribution in [0.4, 0.5) is 0 Å². The third kappa shape index (κ3) is 3.97. The van der Waals surface area contributed by atoms with Crippen molar-refractivity contribution in [3.8, 4) is 0 Å². The second-order valence-corrected chi connectivity index (χ2v) is 7.45. The van der Waals surface area contributed by atoms with Gasteiger partial charge in [0, 0.05) is 36.2 Å². The lowest BCUT2D eigenvalue weighted by Gasteiger charge is -2.16. The van der Waals surface area contributed by atoms with Crippen LogP contribution in [0, 0.1) is 0 Å². The molecule has 0 spiro atoms. The maximum Gasteiger partial charge on any atom is 0.192 e. The van der Waals surface area contributed by atoms with Gasteiger partial charge >= 0.3 is 0 Å². The van der Waals surface area contributed by atoms with Crippen molar-refractivity contribution < 1.29 is 9.21 Å². The minimum absolute atomic E-state index is 0.0476. The Bertz CT molecular complexity index is 1040. The number of carbonyl (C=O) groups is 1. The van der Waals surface area contributed by atoms with Gasteiger partial charge in [-0.3, -0.25) is 9.59 Å². The van der Waals surface area contributed by atoms with E-state index in [9.17, 15) is 9.59 Å². The lowest BCUT2D eigenvalue weighted by molar-refractivity contribution is 0.0969. The van der Waals surface area contributed by atoms with Crippen LogP contribution in [0.2, 0.25) is 5.02 Å². The van der Waals surface area contributed by atoms with Crippen LogP contribution >= 0.6 is 11.6 Å². The molecule has 1 aliphatic rings. The molecule has 1 unspecified atom stereocenters. The van der Waals surface area contributed by atoms with Gasteiger partial charge in [0.1, 0.15) is 5.58 Å². The molecule has 1 fully saturated rings. The minimum atomic E-state index is -0.130. The molecular weight excluding hydrogens is 362 g/mol. The van der Waals surface area contributed by atoms with E-state index < -0.39 is 0 Å². The number of ketones is 1. The van der Waals surface area contributed by atoms with E-state index in [2.05, 4.69) is 11.0 Å². The van der Waals surface area contributed by atoms with Gasteiger partial charge in [0.15, 0.2) is 11.2 Å². The number of halogens is 1. The van der Waals surface area contributed by atoms with Crippen LogP contribution in [0.3, 0.4) is 0 Å². The van der Waals surface area contributed by atoms with E-state index in [1.165, 1.54) is 17.9 Å². The van der Waals surface area contributed by atoms with Gasteiger partial charge in [-0.2, -0.15) is 0 Å². The van der Waals surface area contributed by atoms with Gasteiger partial charge in [-0.1, -0.05) is 23.7 Å². The summed E-state index contributed by atoms with van der Waals surface area (Å²) in [7, 11) is 0. The number of Topliss-reactive ketones (excluding diaryl/α,β-unsaturated/α-hetero) is 1. The third-order valence-electron chi connectivity index (χ3n) is 5.23. The van der Waals surface area contributed by atoms with E-state index in [-0.39, 0.29) is 11.2 Å². The van der Waals surface area contributed by atoms with E-state index in [4.69, 9.17) is 16.0 Å². The first-order chi connectivity index (χ1) is 13.1. The van der Waals surface area contributed by atoms with Gasteiger partial charge in [0.2, 0.25) is 0 Å². The molecule has 0 amide bonds. The highest BCUT2D eigenvalue weighted by molar-refractivity contribution is 6.30. The van der Waals surface area contributed by atoms with Crippen molar-refractivity contribution in [3.05, 3.63) is 81.2 Å². The number of benzene rings is 2. The van der Waals surface area contributed by atoms with Crippen LogP contribution in [0.25, 0.3) is 11.0 Å². The Morgan fingerprint density at radius 1 is 1.19 bits per heavy atom. The van der Waals surface area contributed by atoms with E-state index in [0.717, 1.165) is 31.1 Å². The zero-order valence-electron chi connectivity index (χ0n) is 14.9. The minimum Gasteiger partial charge on any atom is -0.464 e. The van der Waals surface area contributed by atoms with Gasteiger partial charge in [-0.15, -0.1) is 0 Å². The van der Waals surface area contributed by atoms with Crippen molar-refractivity contribution >= 4 is 28.4 Å². The Morgan fingerprint density at radius 2 is 2.07 bits per heavy atom. The summed E-state index contributed by atoms with van der Waals surface area (Å²) in [5.41, 5.74) is 2.20. The summed E-state index contributed by atoms with van der Waals surface area (Å²) in [5.74, 6) is 0.510. The van der Waals surface area contributed by atoms with Gasteiger partial charge in [-0.05, 0) is 54.8 Å². The number of fused-ring (bicyclic) bond motifs is 1. The summed E-state index contributed by atoms with van der Waals surface area (Å²) in [4.78, 5) is 26.8. The fourth-order valence-corrected chi connectivity index (χ4v) is 3.93. The number of hydrogen-bond donors (Lipinski definition) is 0. The standard InChI is InChI=1S/C22H20ClNO3/c23-18-3-1-2-15(12-18)17-6-9-24(14-17)10-7-20(25)16-4-5-22-19(13-16)21(26)8-11-27-22/h1-5,8,11-13,17H,6-7,9-10,14H2. The molecule has 5 heteroatoms. The van der Waals surface area contributed by atoms with Crippen molar-refractivity contribution in [2.45, 2.75) is 18.8 Å². The average molecular weight is 382 g/mol. The molecule has 2 aromatic carbocycles. The molecule has 0 saturated carbocycles. The monoisotopic (exact) mass is 381 g/mol. The fraction of sp³-hybridized carbons (Fsp3) is 0.273. The molecule has 4 rings (SSSR count). The van der Waals surface area contributed by atoms with Crippen molar-refractivity contribution in [2.24, 2.45) is 0 Å². The number of rotatable bonds is 5. The summed E-state index contributed by atoms with van der Waals surface area (Å²) >= 11 is 6.10. The lowest BCUT2D eigenvalue weighted by Crippen LogP contribution is -2.23. The smallest absolute Gasteiger partial charge is 0.192 e. The molecule has 1 atom stereocenters. The number of hydrogen-bond acceptors (Lipinski definition) is 4. The van der Waals surface area contributed by atoms with Crippen LogP contribution in [0.1, 0.15) is 34.7 Å². The van der Waals surface area contributed by atoms with E-state index in [0.29, 0.717) is 28.9 Å². The van der Waals surface area contributed by atoms with Crippen molar-refractivity contribution in [1.82, 2.24) is 4.90 Å². The lowest BCUT2D eigenvalue weighted by atomic mass is 9.99. The summed E-state index contributed by atoms with van der Waals surface area (Å²) in [6.07, 6.45) is 2.88. The van der Waals surface area contributed by atoms with Gasteiger partial charge in [0.25, 0.3) is 0 Å². The van der Waals surface area contributed by atoms with Crippen LogP contribution in [0.5, 0.6) is 0 Å². The molecular formula is C22H20ClNO3. The Morgan fingerprint density at radius 3 is 2.93 bits per heavy atom. The largest absolute Gasteiger partial charge is 0.464 e. The van der Waals surface area contributed by atoms with E-state index in [1.54, 1.807) is 18.2 Å².